The van der Waals surface area contributed by atoms with Gasteiger partial charge in [-0.25, -0.2) is 9.97 Å². The fraction of sp³-hybridized carbons (Fsp3) is 0.325. The number of ether oxygens (including phenoxy) is 4. The largest absolute Gasteiger partial charge is 0.493 e. The van der Waals surface area contributed by atoms with Crippen molar-refractivity contribution in [3.8, 4) is 88.4 Å². The van der Waals surface area contributed by atoms with Crippen LogP contribution in [0.15, 0.2) is 121 Å². The molecule has 0 fully saturated rings. The summed E-state index contributed by atoms with van der Waals surface area (Å²) in [4.78, 5) is 37.0. The molecule has 0 atom stereocenters. The number of thiophene rings is 3. The Kier molecular flexibility index (Phi) is 19.9. The van der Waals surface area contributed by atoms with Crippen LogP contribution in [0.4, 0.5) is 10.7 Å². The first-order valence-corrected chi connectivity index (χ1v) is 34.8. The van der Waals surface area contributed by atoms with Crippen LogP contribution in [-0.2, 0) is 0 Å². The van der Waals surface area contributed by atoms with Crippen LogP contribution >= 0.6 is 34.0 Å². The average molecular weight is 1320 g/mol. The number of anilines is 1. The Bertz CT molecular complexity index is 4530. The fourth-order valence-corrected chi connectivity index (χ4v) is 13.4. The Hall–Kier alpha value is -9.12. The monoisotopic (exact) mass is 1320 g/mol. The number of rotatable bonds is 18. The van der Waals surface area contributed by atoms with Crippen LogP contribution in [0.3, 0.4) is 0 Å². The summed E-state index contributed by atoms with van der Waals surface area (Å²) in [6.45, 7) is 28.8. The lowest BCUT2D eigenvalue weighted by Gasteiger charge is -2.20. The number of fused-ring (bicyclic) bond motifs is 8. The molecule has 488 valence electrons. The van der Waals surface area contributed by atoms with Gasteiger partial charge in [0.15, 0.2) is 0 Å². The normalized spacial score (nSPS) is 12.3. The van der Waals surface area contributed by atoms with Crippen molar-refractivity contribution in [3.63, 3.8) is 0 Å². The van der Waals surface area contributed by atoms with Gasteiger partial charge >= 0.3 is 5.00 Å². The van der Waals surface area contributed by atoms with E-state index < -0.39 is 0 Å². The van der Waals surface area contributed by atoms with Gasteiger partial charge in [-0.3, -0.25) is 10.1 Å². The SMILES string of the molecule is CN(C)c1ccc(C#Cc2c3nc(c(-c4cc(OCCC(C)(C)C)cc(OCCC(C)(C)C)c4)c4ccc([nH]4)c(C#Cc4ccc(-c5ccc(-c6ccc([N+](=O)[O-])s6)s5)s4)c4nc(c(-c5cc(OCCC(C)(C)C)cc(OCCC(C)(C)C)c5)c5ccc2[nH]5)C=C4)C=C3)cc1. The summed E-state index contributed by atoms with van der Waals surface area (Å²) in [5, 5.41) is 11.7. The number of aromatic nitrogens is 4. The smallest absolute Gasteiger partial charge is 0.324 e. The molecule has 0 amide bonds. The number of hydrogen-bond acceptors (Lipinski definition) is 12. The Balaban J connectivity index is 1.17. The van der Waals surface area contributed by atoms with E-state index in [0.717, 1.165) is 106 Å². The van der Waals surface area contributed by atoms with Crippen LogP contribution in [0.2, 0.25) is 0 Å². The Labute approximate surface area is 571 Å². The van der Waals surface area contributed by atoms with Gasteiger partial charge in [0.1, 0.15) is 23.0 Å². The number of nitrogens with zero attached hydrogens (tertiary/aromatic N) is 4. The van der Waals surface area contributed by atoms with Gasteiger partial charge in [-0.15, -0.1) is 22.7 Å². The Morgan fingerprint density at radius 2 is 0.821 bits per heavy atom. The average Bonchev–Trinajstić information content (AvgIpc) is 1.66. The molecule has 8 bridgehead atoms. The molecule has 0 aliphatic carbocycles. The summed E-state index contributed by atoms with van der Waals surface area (Å²) in [6, 6.07) is 40.6. The minimum Gasteiger partial charge on any atom is -0.493 e. The van der Waals surface area contributed by atoms with E-state index in [1.54, 1.807) is 28.7 Å². The summed E-state index contributed by atoms with van der Waals surface area (Å²) in [6.07, 6.45) is 11.7. The molecule has 0 unspecified atom stereocenters. The van der Waals surface area contributed by atoms with Crippen molar-refractivity contribution in [2.75, 3.05) is 45.4 Å². The first kappa shape index (κ1) is 67.3. The van der Waals surface area contributed by atoms with E-state index in [-0.39, 0.29) is 31.6 Å². The quantitative estimate of drug-likeness (QED) is 0.0488. The molecule has 2 aliphatic heterocycles. The van der Waals surface area contributed by atoms with E-state index in [1.165, 1.54) is 11.3 Å². The number of aromatic amines is 2. The van der Waals surface area contributed by atoms with Crippen molar-refractivity contribution in [1.29, 1.82) is 0 Å². The maximum atomic E-state index is 11.6. The van der Waals surface area contributed by atoms with Gasteiger partial charge in [-0.05, 0) is 186 Å². The second-order valence-corrected chi connectivity index (χ2v) is 32.4. The molecule has 3 aromatic carbocycles. The van der Waals surface area contributed by atoms with E-state index in [0.29, 0.717) is 83.3 Å². The van der Waals surface area contributed by atoms with Gasteiger partial charge in [-0.1, -0.05) is 118 Å². The number of nitro groups is 1. The highest BCUT2D eigenvalue weighted by Crippen LogP contribution is 2.43. The van der Waals surface area contributed by atoms with Crippen LogP contribution in [-0.4, -0.2) is 65.4 Å². The standard InChI is InChI=1S/C80H84N6O6S3/c1-77(2,3)37-41-89-55-45-52(46-56(49-55)90-42-38-78(4,5)6)75-66-28-24-62(81-66)60(22-17-51-15-18-54(19-16-51)85(13)14)63-25-29-67(82-63)76(53-47-57(91-43-39-79(7,8)9)50-58(48-53)92-44-40-80(10,11)12)69-31-27-65(84-69)61(64-26-30-68(75)83-64)23-20-59-21-32-70(93-59)71-33-34-72(94-71)73-35-36-74(95-73)86(87)88/h15-16,18-19,21,24-36,45-50,81,84H,37-44H2,1-14H3. The van der Waals surface area contributed by atoms with Crippen LogP contribution in [0, 0.1) is 55.5 Å². The molecular formula is C80H84N6O6S3. The van der Waals surface area contributed by atoms with Gasteiger partial charge in [0.05, 0.1) is 86.0 Å². The van der Waals surface area contributed by atoms with Gasteiger partial charge < -0.3 is 33.8 Å². The Morgan fingerprint density at radius 3 is 1.23 bits per heavy atom. The molecule has 2 N–H and O–H groups in total. The minimum absolute atomic E-state index is 0.0628. The maximum Gasteiger partial charge on any atom is 0.324 e. The zero-order valence-corrected chi connectivity index (χ0v) is 59.4. The molecule has 2 aliphatic rings. The van der Waals surface area contributed by atoms with Crippen LogP contribution in [0.5, 0.6) is 23.0 Å². The molecule has 12 nitrogen and oxygen atoms in total. The molecule has 0 saturated heterocycles. The van der Waals surface area contributed by atoms with E-state index in [9.17, 15) is 10.1 Å². The molecule has 11 rings (SSSR count). The zero-order chi connectivity index (χ0) is 67.4. The summed E-state index contributed by atoms with van der Waals surface area (Å²) in [7, 11) is 4.07. The van der Waals surface area contributed by atoms with Crippen LogP contribution < -0.4 is 23.8 Å². The van der Waals surface area contributed by atoms with Gasteiger partial charge in [-0.2, -0.15) is 0 Å². The molecular weight excluding hydrogens is 1240 g/mol. The number of H-pyrrole nitrogens is 2. The summed E-state index contributed by atoms with van der Waals surface area (Å²) >= 11 is 4.38. The van der Waals surface area contributed by atoms with E-state index in [1.807, 2.05) is 50.5 Å². The highest BCUT2D eigenvalue weighted by molar-refractivity contribution is 7.27. The van der Waals surface area contributed by atoms with E-state index in [2.05, 4.69) is 225 Å². The molecule has 8 heterocycles. The van der Waals surface area contributed by atoms with E-state index in [4.69, 9.17) is 28.9 Å². The predicted molar refractivity (Wildman–Crippen MR) is 398 cm³/mol. The predicted octanol–water partition coefficient (Wildman–Crippen LogP) is 21.5. The lowest BCUT2D eigenvalue weighted by Crippen LogP contribution is -2.12. The molecule has 0 radical (unpaired) electrons. The molecule has 0 spiro atoms. The van der Waals surface area contributed by atoms with Crippen LogP contribution in [0.1, 0.15) is 153 Å². The number of nitrogens with one attached hydrogen (secondary N) is 2. The molecule has 0 saturated carbocycles. The second-order valence-electron chi connectivity index (χ2n) is 29.2. The highest BCUT2D eigenvalue weighted by Gasteiger charge is 2.23. The van der Waals surface area contributed by atoms with E-state index >= 15 is 0 Å². The van der Waals surface area contributed by atoms with Crippen molar-refractivity contribution in [1.82, 2.24) is 19.9 Å². The van der Waals surface area contributed by atoms with Crippen molar-refractivity contribution in [2.24, 2.45) is 21.7 Å². The third-order valence-electron chi connectivity index (χ3n) is 16.1. The van der Waals surface area contributed by atoms with Gasteiger partial charge in [0, 0.05) is 80.3 Å². The minimum atomic E-state index is -0.342. The first-order chi connectivity index (χ1) is 45.1. The first-order valence-electron chi connectivity index (χ1n) is 32.4. The molecule has 15 heteroatoms. The fourth-order valence-electron chi connectivity index (χ4n) is 10.5. The maximum absolute atomic E-state index is 11.6. The Morgan fingerprint density at radius 1 is 0.442 bits per heavy atom. The molecule has 6 aromatic heterocycles. The zero-order valence-electron chi connectivity index (χ0n) is 57.0. The third-order valence-corrected chi connectivity index (χ3v) is 19.6. The highest BCUT2D eigenvalue weighted by atomic mass is 32.1. The van der Waals surface area contributed by atoms with Crippen molar-refractivity contribution in [3.05, 3.63) is 176 Å². The van der Waals surface area contributed by atoms with Crippen LogP contribution in [0.25, 0.3) is 88.1 Å². The second kappa shape index (κ2) is 28.1. The summed E-state index contributed by atoms with van der Waals surface area (Å²) < 4.78 is 26.6. The van der Waals surface area contributed by atoms with Gasteiger partial charge in [0.2, 0.25) is 0 Å². The number of hydrogen-bond donors (Lipinski definition) is 2. The summed E-state index contributed by atoms with van der Waals surface area (Å²) in [5.41, 5.74) is 12.8. The lowest BCUT2D eigenvalue weighted by atomic mass is 9.93. The topological polar surface area (TPSA) is 141 Å². The number of benzene rings is 3. The van der Waals surface area contributed by atoms with Crippen molar-refractivity contribution in [2.45, 2.75) is 109 Å². The molecule has 95 heavy (non-hydrogen) atoms. The summed E-state index contributed by atoms with van der Waals surface area (Å²) in [5.74, 6) is 17.1. The van der Waals surface area contributed by atoms with Crippen molar-refractivity contribution >= 4 is 91.1 Å². The molecule has 9 aromatic rings. The van der Waals surface area contributed by atoms with Gasteiger partial charge in [0.25, 0.3) is 0 Å². The van der Waals surface area contributed by atoms with Crippen molar-refractivity contribution < 1.29 is 23.9 Å². The third kappa shape index (κ3) is 17.6. The lowest BCUT2D eigenvalue weighted by molar-refractivity contribution is -0.380.